The number of nitrogens with zero attached hydrogens (tertiary/aromatic N) is 2. The van der Waals surface area contributed by atoms with Crippen LogP contribution >= 0.6 is 0 Å². The number of carbonyl (C=O) groups is 2. The van der Waals surface area contributed by atoms with Gasteiger partial charge in [-0.25, -0.2) is 8.42 Å². The van der Waals surface area contributed by atoms with Gasteiger partial charge in [-0.15, -0.1) is 0 Å². The number of anilines is 1. The molecule has 0 unspecified atom stereocenters. The van der Waals surface area contributed by atoms with Gasteiger partial charge in [0.2, 0.25) is 28.6 Å². The summed E-state index contributed by atoms with van der Waals surface area (Å²) in [5, 5.41) is 2.53. The van der Waals surface area contributed by atoms with Crippen LogP contribution in [-0.4, -0.2) is 57.8 Å². The molecule has 10 heteroatoms. The number of ether oxygens (including phenoxy) is 2. The number of hydrogen-bond acceptors (Lipinski definition) is 6. The standard InChI is InChI=1S/C21H25N3O6S/c1-15(21(26)22-2)23(12-16-7-5-4-6-8-16)20(25)13-24(31(3,27)28)17-9-10-18-19(11-17)30-14-29-18/h4-11,15H,12-14H2,1-3H3,(H,22,26)/t15-/m0/s1. The Hall–Kier alpha value is -3.27. The summed E-state index contributed by atoms with van der Waals surface area (Å²) in [6, 6.07) is 13.0. The van der Waals surface area contributed by atoms with Gasteiger partial charge in [0.1, 0.15) is 12.6 Å². The first kappa shape index (κ1) is 22.4. The maximum atomic E-state index is 13.3. The van der Waals surface area contributed by atoms with Gasteiger partial charge >= 0.3 is 0 Å². The quantitative estimate of drug-likeness (QED) is 0.655. The van der Waals surface area contributed by atoms with Gasteiger partial charge < -0.3 is 19.7 Å². The third-order valence-corrected chi connectivity index (χ3v) is 6.07. The number of benzene rings is 2. The van der Waals surface area contributed by atoms with Gasteiger partial charge in [0.15, 0.2) is 11.5 Å². The second-order valence-electron chi connectivity index (χ2n) is 7.10. The van der Waals surface area contributed by atoms with Gasteiger partial charge in [0.05, 0.1) is 11.9 Å². The van der Waals surface area contributed by atoms with Crippen LogP contribution in [-0.2, 0) is 26.2 Å². The fourth-order valence-electron chi connectivity index (χ4n) is 3.23. The monoisotopic (exact) mass is 447 g/mol. The lowest BCUT2D eigenvalue weighted by Crippen LogP contribution is -2.50. The Morgan fingerprint density at radius 2 is 1.77 bits per heavy atom. The van der Waals surface area contributed by atoms with Gasteiger partial charge in [0, 0.05) is 19.7 Å². The third kappa shape index (κ3) is 5.26. The van der Waals surface area contributed by atoms with E-state index in [0.717, 1.165) is 16.1 Å². The van der Waals surface area contributed by atoms with Crippen LogP contribution in [0.15, 0.2) is 48.5 Å². The molecule has 2 aromatic rings. The molecule has 1 aliphatic rings. The summed E-state index contributed by atoms with van der Waals surface area (Å²) < 4.78 is 36.6. The molecule has 0 radical (unpaired) electrons. The number of carbonyl (C=O) groups excluding carboxylic acids is 2. The van der Waals surface area contributed by atoms with Crippen LogP contribution in [0.4, 0.5) is 5.69 Å². The minimum Gasteiger partial charge on any atom is -0.454 e. The average Bonchev–Trinajstić information content (AvgIpc) is 3.22. The molecule has 1 aliphatic heterocycles. The Balaban J connectivity index is 1.90. The molecule has 0 aliphatic carbocycles. The second-order valence-corrected chi connectivity index (χ2v) is 9.01. The van der Waals surface area contributed by atoms with Crippen molar-refractivity contribution in [3.8, 4) is 11.5 Å². The number of hydrogen-bond donors (Lipinski definition) is 1. The van der Waals surface area contributed by atoms with Crippen molar-refractivity contribution in [2.45, 2.75) is 19.5 Å². The van der Waals surface area contributed by atoms with E-state index in [1.807, 2.05) is 30.3 Å². The lowest BCUT2D eigenvalue weighted by Gasteiger charge is -2.31. The van der Waals surface area contributed by atoms with E-state index in [9.17, 15) is 18.0 Å². The summed E-state index contributed by atoms with van der Waals surface area (Å²) in [6.45, 7) is 1.34. The van der Waals surface area contributed by atoms with Gasteiger partial charge in [-0.3, -0.25) is 13.9 Å². The number of fused-ring (bicyclic) bond motifs is 1. The van der Waals surface area contributed by atoms with E-state index in [0.29, 0.717) is 11.5 Å². The van der Waals surface area contributed by atoms with Crippen LogP contribution in [0.3, 0.4) is 0 Å². The minimum absolute atomic E-state index is 0.0467. The van der Waals surface area contributed by atoms with Gasteiger partial charge in [-0.2, -0.15) is 0 Å². The molecule has 0 bridgehead atoms. The second kappa shape index (κ2) is 9.25. The summed E-state index contributed by atoms with van der Waals surface area (Å²) >= 11 is 0. The Kier molecular flexibility index (Phi) is 6.69. The molecule has 3 rings (SSSR count). The molecule has 0 fully saturated rings. The lowest BCUT2D eigenvalue weighted by atomic mass is 10.1. The fraction of sp³-hybridized carbons (Fsp3) is 0.333. The van der Waals surface area contributed by atoms with E-state index >= 15 is 0 Å². The summed E-state index contributed by atoms with van der Waals surface area (Å²) in [6.07, 6.45) is 1.02. The Morgan fingerprint density at radius 3 is 2.42 bits per heavy atom. The highest BCUT2D eigenvalue weighted by Crippen LogP contribution is 2.36. The zero-order valence-corrected chi connectivity index (χ0v) is 18.4. The summed E-state index contributed by atoms with van der Waals surface area (Å²) in [5.41, 5.74) is 1.09. The zero-order chi connectivity index (χ0) is 22.6. The van der Waals surface area contributed by atoms with Crippen LogP contribution in [0.2, 0.25) is 0 Å². The molecule has 0 spiro atoms. The van der Waals surface area contributed by atoms with Crippen LogP contribution in [0.1, 0.15) is 12.5 Å². The topological polar surface area (TPSA) is 105 Å². The summed E-state index contributed by atoms with van der Waals surface area (Å²) in [7, 11) is -2.31. The maximum absolute atomic E-state index is 13.3. The van der Waals surface area contributed by atoms with Crippen LogP contribution < -0.4 is 19.1 Å². The molecule has 2 amide bonds. The summed E-state index contributed by atoms with van der Waals surface area (Å²) in [5.74, 6) is 0.0438. The van der Waals surface area contributed by atoms with Gasteiger partial charge in [-0.1, -0.05) is 30.3 Å². The molecule has 166 valence electrons. The van der Waals surface area contributed by atoms with Crippen molar-refractivity contribution in [3.05, 3.63) is 54.1 Å². The Labute approximate surface area is 181 Å². The van der Waals surface area contributed by atoms with E-state index < -0.39 is 28.5 Å². The van der Waals surface area contributed by atoms with Crippen molar-refractivity contribution in [1.29, 1.82) is 0 Å². The first-order chi connectivity index (χ1) is 14.7. The molecule has 2 aromatic carbocycles. The predicted octanol–water partition coefficient (Wildman–Crippen LogP) is 1.34. The van der Waals surface area contributed by atoms with Gasteiger partial charge in [-0.05, 0) is 24.6 Å². The molecular formula is C21H25N3O6S. The smallest absolute Gasteiger partial charge is 0.244 e. The predicted molar refractivity (Wildman–Crippen MR) is 115 cm³/mol. The molecule has 0 saturated carbocycles. The molecule has 1 atom stereocenters. The molecular weight excluding hydrogens is 422 g/mol. The number of likely N-dealkylation sites (N-methyl/N-ethyl adjacent to an activating group) is 1. The average molecular weight is 448 g/mol. The highest BCUT2D eigenvalue weighted by Gasteiger charge is 2.30. The van der Waals surface area contributed by atoms with Crippen molar-refractivity contribution in [2.75, 3.05) is 30.9 Å². The van der Waals surface area contributed by atoms with E-state index in [4.69, 9.17) is 9.47 Å². The molecule has 31 heavy (non-hydrogen) atoms. The van der Waals surface area contributed by atoms with Crippen molar-refractivity contribution in [1.82, 2.24) is 10.2 Å². The van der Waals surface area contributed by atoms with E-state index in [2.05, 4.69) is 5.32 Å². The van der Waals surface area contributed by atoms with Crippen LogP contribution in [0.5, 0.6) is 11.5 Å². The SMILES string of the molecule is CNC(=O)[C@H](C)N(Cc1ccccc1)C(=O)CN(c1ccc2c(c1)OCO2)S(C)(=O)=O. The summed E-state index contributed by atoms with van der Waals surface area (Å²) in [4.78, 5) is 26.9. The van der Waals surface area contributed by atoms with E-state index in [1.165, 1.54) is 18.0 Å². The van der Waals surface area contributed by atoms with Crippen molar-refractivity contribution < 1.29 is 27.5 Å². The van der Waals surface area contributed by atoms with Crippen LogP contribution in [0, 0.1) is 0 Å². The molecule has 9 nitrogen and oxygen atoms in total. The molecule has 1 heterocycles. The number of amides is 2. The van der Waals surface area contributed by atoms with Crippen molar-refractivity contribution >= 4 is 27.5 Å². The number of nitrogens with one attached hydrogen (secondary N) is 1. The molecule has 0 aromatic heterocycles. The zero-order valence-electron chi connectivity index (χ0n) is 17.6. The van der Waals surface area contributed by atoms with Crippen molar-refractivity contribution in [3.63, 3.8) is 0 Å². The minimum atomic E-state index is -3.80. The molecule has 0 saturated heterocycles. The Morgan fingerprint density at radius 1 is 1.10 bits per heavy atom. The van der Waals surface area contributed by atoms with Crippen molar-refractivity contribution in [2.24, 2.45) is 0 Å². The van der Waals surface area contributed by atoms with Crippen LogP contribution in [0.25, 0.3) is 0 Å². The maximum Gasteiger partial charge on any atom is 0.244 e. The Bertz CT molecular complexity index is 1060. The molecule has 1 N–H and O–H groups in total. The highest BCUT2D eigenvalue weighted by molar-refractivity contribution is 7.92. The van der Waals surface area contributed by atoms with E-state index in [1.54, 1.807) is 19.1 Å². The van der Waals surface area contributed by atoms with Gasteiger partial charge in [0.25, 0.3) is 0 Å². The third-order valence-electron chi connectivity index (χ3n) is 4.93. The number of sulfonamides is 1. The normalized spacial score (nSPS) is 13.4. The number of rotatable bonds is 8. The highest BCUT2D eigenvalue weighted by atomic mass is 32.2. The fourth-order valence-corrected chi connectivity index (χ4v) is 4.07. The first-order valence-electron chi connectivity index (χ1n) is 9.63. The largest absolute Gasteiger partial charge is 0.454 e. The first-order valence-corrected chi connectivity index (χ1v) is 11.5. The van der Waals surface area contributed by atoms with E-state index in [-0.39, 0.29) is 24.9 Å². The lowest BCUT2D eigenvalue weighted by molar-refractivity contribution is -0.139.